The molecule has 3 rings (SSSR count). The Bertz CT molecular complexity index is 514. The van der Waals surface area contributed by atoms with E-state index in [4.69, 9.17) is 9.47 Å². The fraction of sp³-hybridized carbons (Fsp3) is 0.600. The molecule has 0 radical (unpaired) electrons. The number of hydrogen-bond donors (Lipinski definition) is 0. The lowest BCUT2D eigenvalue weighted by atomic mass is 9.93. The molecule has 2 atom stereocenters. The van der Waals surface area contributed by atoms with Crippen LogP contribution in [0.2, 0.25) is 0 Å². The molecule has 0 amide bonds. The highest BCUT2D eigenvalue weighted by molar-refractivity contribution is 5.53. The SMILES string of the molecule is CCCC1CCc2c3c(c(F)c(F)c2O1)OC(C)C3. The molecule has 0 N–H and O–H groups in total. The zero-order chi connectivity index (χ0) is 13.6. The molecule has 0 saturated carbocycles. The van der Waals surface area contributed by atoms with Crippen LogP contribution in [-0.4, -0.2) is 12.2 Å². The third-order valence-corrected chi connectivity index (χ3v) is 3.93. The van der Waals surface area contributed by atoms with Crippen LogP contribution in [-0.2, 0) is 12.8 Å². The molecule has 104 valence electrons. The predicted molar refractivity (Wildman–Crippen MR) is 67.8 cm³/mol. The summed E-state index contributed by atoms with van der Waals surface area (Å²) in [6, 6.07) is 0. The molecule has 0 aliphatic carbocycles. The van der Waals surface area contributed by atoms with Gasteiger partial charge in [-0.05, 0) is 26.2 Å². The number of benzene rings is 1. The summed E-state index contributed by atoms with van der Waals surface area (Å²) < 4.78 is 39.2. The fourth-order valence-electron chi connectivity index (χ4n) is 3.05. The maximum Gasteiger partial charge on any atom is 0.204 e. The van der Waals surface area contributed by atoms with E-state index < -0.39 is 11.6 Å². The number of fused-ring (bicyclic) bond motifs is 3. The van der Waals surface area contributed by atoms with E-state index in [0.29, 0.717) is 6.42 Å². The van der Waals surface area contributed by atoms with Crippen molar-refractivity contribution in [3.8, 4) is 11.5 Å². The highest BCUT2D eigenvalue weighted by atomic mass is 19.2. The first-order valence-corrected chi connectivity index (χ1v) is 6.97. The maximum atomic E-state index is 14.1. The van der Waals surface area contributed by atoms with Crippen LogP contribution in [0.1, 0.15) is 44.2 Å². The predicted octanol–water partition coefficient (Wildman–Crippen LogP) is 3.78. The Balaban J connectivity index is 2.05. The van der Waals surface area contributed by atoms with Gasteiger partial charge in [0.1, 0.15) is 6.10 Å². The molecule has 2 aliphatic heterocycles. The zero-order valence-corrected chi connectivity index (χ0v) is 11.3. The average Bonchev–Trinajstić information content (AvgIpc) is 2.78. The van der Waals surface area contributed by atoms with Crippen LogP contribution >= 0.6 is 0 Å². The molecule has 1 aromatic carbocycles. The summed E-state index contributed by atoms with van der Waals surface area (Å²) in [6.07, 6.45) is 4.02. The van der Waals surface area contributed by atoms with Crippen LogP contribution < -0.4 is 9.47 Å². The monoisotopic (exact) mass is 268 g/mol. The Morgan fingerprint density at radius 2 is 1.79 bits per heavy atom. The lowest BCUT2D eigenvalue weighted by Gasteiger charge is -2.27. The van der Waals surface area contributed by atoms with Gasteiger partial charge >= 0.3 is 0 Å². The van der Waals surface area contributed by atoms with Crippen molar-refractivity contribution in [2.45, 2.75) is 58.2 Å². The van der Waals surface area contributed by atoms with E-state index in [1.807, 2.05) is 6.92 Å². The van der Waals surface area contributed by atoms with Gasteiger partial charge in [-0.2, -0.15) is 8.78 Å². The van der Waals surface area contributed by atoms with Gasteiger partial charge in [0.2, 0.25) is 11.6 Å². The van der Waals surface area contributed by atoms with Crippen LogP contribution in [0.4, 0.5) is 8.78 Å². The van der Waals surface area contributed by atoms with Gasteiger partial charge in [0.25, 0.3) is 0 Å². The Kier molecular flexibility index (Phi) is 3.11. The third-order valence-electron chi connectivity index (χ3n) is 3.93. The average molecular weight is 268 g/mol. The summed E-state index contributed by atoms with van der Waals surface area (Å²) in [6.45, 7) is 3.93. The van der Waals surface area contributed by atoms with Crippen LogP contribution in [0, 0.1) is 11.6 Å². The first-order chi connectivity index (χ1) is 9.11. The van der Waals surface area contributed by atoms with E-state index in [-0.39, 0.29) is 23.7 Å². The maximum absolute atomic E-state index is 14.1. The van der Waals surface area contributed by atoms with Crippen molar-refractivity contribution in [1.29, 1.82) is 0 Å². The van der Waals surface area contributed by atoms with Crippen molar-refractivity contribution in [2.75, 3.05) is 0 Å². The Morgan fingerprint density at radius 3 is 2.47 bits per heavy atom. The second-order valence-corrected chi connectivity index (χ2v) is 5.44. The number of hydrogen-bond acceptors (Lipinski definition) is 2. The standard InChI is InChI=1S/C15H18F2O2/c1-3-4-9-5-6-10-11-7-8(2)18-15(11)13(17)12(16)14(10)19-9/h8-9H,3-7H2,1-2H3. The molecule has 2 heterocycles. The van der Waals surface area contributed by atoms with Gasteiger partial charge in [0.15, 0.2) is 11.5 Å². The first-order valence-electron chi connectivity index (χ1n) is 6.97. The van der Waals surface area contributed by atoms with Crippen molar-refractivity contribution in [1.82, 2.24) is 0 Å². The molecule has 0 fully saturated rings. The molecule has 2 nitrogen and oxygen atoms in total. The summed E-state index contributed by atoms with van der Waals surface area (Å²) in [5.41, 5.74) is 1.61. The normalized spacial score (nSPS) is 24.4. The van der Waals surface area contributed by atoms with Gasteiger partial charge in [0, 0.05) is 17.5 Å². The highest BCUT2D eigenvalue weighted by Gasteiger charge is 2.35. The van der Waals surface area contributed by atoms with Gasteiger partial charge in [-0.15, -0.1) is 0 Å². The zero-order valence-electron chi connectivity index (χ0n) is 11.3. The van der Waals surface area contributed by atoms with Crippen LogP contribution in [0.3, 0.4) is 0 Å². The molecule has 2 aliphatic rings. The van der Waals surface area contributed by atoms with E-state index in [9.17, 15) is 8.78 Å². The third kappa shape index (κ3) is 1.97. The van der Waals surface area contributed by atoms with Crippen molar-refractivity contribution in [3.05, 3.63) is 22.8 Å². The van der Waals surface area contributed by atoms with Gasteiger partial charge in [0.05, 0.1) is 6.10 Å². The van der Waals surface area contributed by atoms with Gasteiger partial charge in [-0.1, -0.05) is 13.3 Å². The molecule has 4 heteroatoms. The molecule has 0 saturated heterocycles. The van der Waals surface area contributed by atoms with Crippen molar-refractivity contribution in [2.24, 2.45) is 0 Å². The number of rotatable bonds is 2. The highest BCUT2D eigenvalue weighted by Crippen LogP contribution is 2.44. The quantitative estimate of drug-likeness (QED) is 0.812. The summed E-state index contributed by atoms with van der Waals surface area (Å²) in [7, 11) is 0. The minimum Gasteiger partial charge on any atom is -0.487 e. The van der Waals surface area contributed by atoms with E-state index in [2.05, 4.69) is 6.92 Å². The summed E-state index contributed by atoms with van der Waals surface area (Å²) in [5.74, 6) is -1.56. The number of halogens is 2. The molecule has 19 heavy (non-hydrogen) atoms. The number of ether oxygens (including phenoxy) is 2. The minimum atomic E-state index is -0.893. The molecule has 2 unspecified atom stereocenters. The Labute approximate surface area is 111 Å². The van der Waals surface area contributed by atoms with Gasteiger partial charge in [-0.3, -0.25) is 0 Å². The second-order valence-electron chi connectivity index (χ2n) is 5.44. The van der Waals surface area contributed by atoms with E-state index in [0.717, 1.165) is 36.8 Å². The molecule has 0 bridgehead atoms. The van der Waals surface area contributed by atoms with Crippen molar-refractivity contribution >= 4 is 0 Å². The lowest BCUT2D eigenvalue weighted by molar-refractivity contribution is 0.152. The van der Waals surface area contributed by atoms with Gasteiger partial charge in [-0.25, -0.2) is 0 Å². The summed E-state index contributed by atoms with van der Waals surface area (Å²) in [4.78, 5) is 0. The molecular formula is C15H18F2O2. The van der Waals surface area contributed by atoms with Crippen LogP contribution in [0.25, 0.3) is 0 Å². The van der Waals surface area contributed by atoms with Crippen LogP contribution in [0.15, 0.2) is 0 Å². The topological polar surface area (TPSA) is 18.5 Å². The van der Waals surface area contributed by atoms with Gasteiger partial charge < -0.3 is 9.47 Å². The molecular weight excluding hydrogens is 250 g/mol. The van der Waals surface area contributed by atoms with E-state index in [1.165, 1.54) is 0 Å². The Hall–Kier alpha value is -1.32. The molecule has 1 aromatic rings. The smallest absolute Gasteiger partial charge is 0.204 e. The molecule has 0 spiro atoms. The first kappa shape index (κ1) is 12.7. The minimum absolute atomic E-state index is 0.00388. The largest absolute Gasteiger partial charge is 0.487 e. The van der Waals surface area contributed by atoms with Crippen molar-refractivity contribution in [3.63, 3.8) is 0 Å². The molecule has 0 aromatic heterocycles. The lowest BCUT2D eigenvalue weighted by Crippen LogP contribution is -2.24. The summed E-state index contributed by atoms with van der Waals surface area (Å²) in [5, 5.41) is 0. The summed E-state index contributed by atoms with van der Waals surface area (Å²) >= 11 is 0. The Morgan fingerprint density at radius 1 is 1.11 bits per heavy atom. The second kappa shape index (κ2) is 4.66. The van der Waals surface area contributed by atoms with Crippen molar-refractivity contribution < 1.29 is 18.3 Å². The van der Waals surface area contributed by atoms with E-state index >= 15 is 0 Å². The van der Waals surface area contributed by atoms with Crippen LogP contribution in [0.5, 0.6) is 11.5 Å². The van der Waals surface area contributed by atoms with E-state index in [1.54, 1.807) is 0 Å². The fourth-order valence-corrected chi connectivity index (χ4v) is 3.05.